The van der Waals surface area contributed by atoms with Gasteiger partial charge in [-0.05, 0) is 33.2 Å². The van der Waals surface area contributed by atoms with Gasteiger partial charge in [-0.15, -0.1) is 0 Å². The molecule has 3 rings (SSSR count). The number of aliphatic hydroxyl groups is 1. The molecule has 1 unspecified atom stereocenters. The SMILES string of the molecule is Cc1cccc2nc(CN(C)CC(O)CN3CCN(C)CC3)cn12. The first-order valence-electron chi connectivity index (χ1n) is 8.72. The van der Waals surface area contributed by atoms with Crippen LogP contribution in [0.15, 0.2) is 24.4 Å². The average Bonchev–Trinajstić information content (AvgIpc) is 2.93. The summed E-state index contributed by atoms with van der Waals surface area (Å²) >= 11 is 0. The lowest BCUT2D eigenvalue weighted by molar-refractivity contribution is 0.0592. The number of imidazole rings is 1. The molecule has 0 aliphatic carbocycles. The number of aliphatic hydroxyl groups excluding tert-OH is 1. The molecule has 1 saturated heterocycles. The van der Waals surface area contributed by atoms with Crippen molar-refractivity contribution in [2.75, 3.05) is 53.4 Å². The van der Waals surface area contributed by atoms with Gasteiger partial charge in [0.2, 0.25) is 0 Å². The predicted octanol–water partition coefficient (Wildman–Crippen LogP) is 0.683. The number of hydrogen-bond donors (Lipinski definition) is 1. The minimum atomic E-state index is -0.322. The van der Waals surface area contributed by atoms with E-state index >= 15 is 0 Å². The van der Waals surface area contributed by atoms with Gasteiger partial charge >= 0.3 is 0 Å². The van der Waals surface area contributed by atoms with Crippen LogP contribution in [-0.2, 0) is 6.54 Å². The van der Waals surface area contributed by atoms with Gasteiger partial charge in [0.25, 0.3) is 0 Å². The first kappa shape index (κ1) is 17.4. The van der Waals surface area contributed by atoms with Crippen LogP contribution in [0.1, 0.15) is 11.4 Å². The molecule has 0 radical (unpaired) electrons. The normalized spacial score (nSPS) is 18.5. The molecule has 0 saturated carbocycles. The largest absolute Gasteiger partial charge is 0.390 e. The van der Waals surface area contributed by atoms with Crippen molar-refractivity contribution in [1.29, 1.82) is 0 Å². The molecule has 1 aliphatic rings. The molecule has 0 spiro atoms. The van der Waals surface area contributed by atoms with Crippen LogP contribution >= 0.6 is 0 Å². The van der Waals surface area contributed by atoms with Crippen molar-refractivity contribution in [3.05, 3.63) is 35.8 Å². The zero-order valence-electron chi connectivity index (χ0n) is 15.0. The molecule has 1 aliphatic heterocycles. The van der Waals surface area contributed by atoms with E-state index < -0.39 is 0 Å². The molecule has 1 fully saturated rings. The zero-order valence-corrected chi connectivity index (χ0v) is 15.0. The lowest BCUT2D eigenvalue weighted by Crippen LogP contribution is -2.48. The molecule has 1 atom stereocenters. The maximum absolute atomic E-state index is 10.4. The second-order valence-electron chi connectivity index (χ2n) is 7.08. The Morgan fingerprint density at radius 3 is 2.71 bits per heavy atom. The Morgan fingerprint density at radius 2 is 2.00 bits per heavy atom. The van der Waals surface area contributed by atoms with Gasteiger partial charge in [-0.2, -0.15) is 0 Å². The summed E-state index contributed by atoms with van der Waals surface area (Å²) < 4.78 is 2.11. The highest BCUT2D eigenvalue weighted by Gasteiger charge is 2.18. The summed E-state index contributed by atoms with van der Waals surface area (Å²) in [6.45, 7) is 8.52. The minimum Gasteiger partial charge on any atom is -0.390 e. The molecule has 0 bridgehead atoms. The summed E-state index contributed by atoms with van der Waals surface area (Å²) in [6, 6.07) is 6.14. The molecule has 2 aromatic rings. The van der Waals surface area contributed by atoms with Crippen molar-refractivity contribution in [2.24, 2.45) is 0 Å². The second-order valence-corrected chi connectivity index (χ2v) is 7.08. The second kappa shape index (κ2) is 7.61. The fraction of sp³-hybridized carbons (Fsp3) is 0.611. The molecule has 0 amide bonds. The van der Waals surface area contributed by atoms with Gasteiger partial charge in [-0.25, -0.2) is 4.98 Å². The number of aryl methyl sites for hydroxylation is 1. The van der Waals surface area contributed by atoms with Gasteiger partial charge in [0.15, 0.2) is 0 Å². The highest BCUT2D eigenvalue weighted by Crippen LogP contribution is 2.10. The lowest BCUT2D eigenvalue weighted by atomic mass is 10.2. The van der Waals surface area contributed by atoms with E-state index in [-0.39, 0.29) is 6.10 Å². The van der Waals surface area contributed by atoms with Gasteiger partial charge in [0, 0.05) is 57.7 Å². The van der Waals surface area contributed by atoms with Crippen LogP contribution < -0.4 is 0 Å². The molecule has 24 heavy (non-hydrogen) atoms. The van der Waals surface area contributed by atoms with E-state index in [1.54, 1.807) is 0 Å². The summed E-state index contributed by atoms with van der Waals surface area (Å²) in [5, 5.41) is 10.4. The average molecular weight is 331 g/mol. The Kier molecular flexibility index (Phi) is 5.50. The van der Waals surface area contributed by atoms with Gasteiger partial charge in [-0.3, -0.25) is 9.80 Å². The maximum atomic E-state index is 10.4. The van der Waals surface area contributed by atoms with E-state index in [2.05, 4.69) is 50.3 Å². The monoisotopic (exact) mass is 331 g/mol. The van der Waals surface area contributed by atoms with Crippen molar-refractivity contribution in [3.8, 4) is 0 Å². The summed E-state index contributed by atoms with van der Waals surface area (Å²) in [4.78, 5) is 11.5. The maximum Gasteiger partial charge on any atom is 0.137 e. The van der Waals surface area contributed by atoms with E-state index in [1.807, 2.05) is 19.2 Å². The molecule has 0 aromatic carbocycles. The fourth-order valence-electron chi connectivity index (χ4n) is 3.36. The molecule has 132 valence electrons. The molecule has 3 heterocycles. The van der Waals surface area contributed by atoms with E-state index in [9.17, 15) is 5.11 Å². The van der Waals surface area contributed by atoms with Crippen molar-refractivity contribution >= 4 is 5.65 Å². The van der Waals surface area contributed by atoms with Crippen LogP contribution in [0.4, 0.5) is 0 Å². The number of piperazine rings is 1. The number of likely N-dealkylation sites (N-methyl/N-ethyl adjacent to an activating group) is 2. The number of aromatic nitrogens is 2. The summed E-state index contributed by atoms with van der Waals surface area (Å²) in [5.41, 5.74) is 3.21. The summed E-state index contributed by atoms with van der Waals surface area (Å²) in [7, 11) is 4.20. The Balaban J connectivity index is 1.50. The molecular weight excluding hydrogens is 302 g/mol. The van der Waals surface area contributed by atoms with Crippen molar-refractivity contribution in [1.82, 2.24) is 24.1 Å². The summed E-state index contributed by atoms with van der Waals surface area (Å²) in [5.74, 6) is 0. The van der Waals surface area contributed by atoms with E-state index in [4.69, 9.17) is 0 Å². The van der Waals surface area contributed by atoms with Gasteiger partial charge in [0.05, 0.1) is 11.8 Å². The van der Waals surface area contributed by atoms with Crippen LogP contribution in [-0.4, -0.2) is 88.7 Å². The predicted molar refractivity (Wildman–Crippen MR) is 96.2 cm³/mol. The van der Waals surface area contributed by atoms with Gasteiger partial charge in [0.1, 0.15) is 5.65 Å². The standard InChI is InChI=1S/C18H29N5O/c1-15-5-4-6-18-19-16(12-23(15)18)11-21(3)13-17(24)14-22-9-7-20(2)8-10-22/h4-6,12,17,24H,7-11,13-14H2,1-3H3. The van der Waals surface area contributed by atoms with Crippen LogP contribution in [0.5, 0.6) is 0 Å². The van der Waals surface area contributed by atoms with Crippen molar-refractivity contribution < 1.29 is 5.11 Å². The molecule has 6 nitrogen and oxygen atoms in total. The zero-order chi connectivity index (χ0) is 17.1. The highest BCUT2D eigenvalue weighted by molar-refractivity contribution is 5.41. The molecule has 1 N–H and O–H groups in total. The minimum absolute atomic E-state index is 0.322. The third-order valence-electron chi connectivity index (χ3n) is 4.76. The summed E-state index contributed by atoms with van der Waals surface area (Å²) in [6.07, 6.45) is 1.77. The topological polar surface area (TPSA) is 47.2 Å². The Bertz CT molecular complexity index is 662. The number of fused-ring (bicyclic) bond motifs is 1. The number of pyridine rings is 1. The van der Waals surface area contributed by atoms with Crippen molar-refractivity contribution in [2.45, 2.75) is 19.6 Å². The quantitative estimate of drug-likeness (QED) is 0.844. The van der Waals surface area contributed by atoms with E-state index in [0.29, 0.717) is 6.54 Å². The fourth-order valence-corrected chi connectivity index (χ4v) is 3.36. The molecular formula is C18H29N5O. The Hall–Kier alpha value is -1.47. The van der Waals surface area contributed by atoms with E-state index in [1.165, 1.54) is 5.69 Å². The van der Waals surface area contributed by atoms with Crippen LogP contribution in [0.25, 0.3) is 5.65 Å². The van der Waals surface area contributed by atoms with Gasteiger partial charge in [-0.1, -0.05) is 6.07 Å². The Morgan fingerprint density at radius 1 is 1.25 bits per heavy atom. The van der Waals surface area contributed by atoms with Gasteiger partial charge < -0.3 is 14.4 Å². The van der Waals surface area contributed by atoms with Crippen LogP contribution in [0.2, 0.25) is 0 Å². The number of hydrogen-bond acceptors (Lipinski definition) is 5. The third kappa shape index (κ3) is 4.33. The number of rotatable bonds is 6. The lowest BCUT2D eigenvalue weighted by Gasteiger charge is -2.34. The van der Waals surface area contributed by atoms with E-state index in [0.717, 1.165) is 50.6 Å². The number of β-amino-alcohol motifs (C(OH)–C–C–N with tert-alkyl or cyclic N) is 1. The highest BCUT2D eigenvalue weighted by atomic mass is 16.3. The third-order valence-corrected chi connectivity index (χ3v) is 4.76. The molecule has 6 heteroatoms. The van der Waals surface area contributed by atoms with Crippen LogP contribution in [0, 0.1) is 6.92 Å². The van der Waals surface area contributed by atoms with Crippen molar-refractivity contribution in [3.63, 3.8) is 0 Å². The first-order valence-corrected chi connectivity index (χ1v) is 8.72. The Labute approximate surface area is 144 Å². The molecule has 2 aromatic heterocycles. The number of nitrogens with zero attached hydrogens (tertiary/aromatic N) is 5. The first-order chi connectivity index (χ1) is 11.5. The van der Waals surface area contributed by atoms with Crippen LogP contribution in [0.3, 0.4) is 0 Å². The smallest absolute Gasteiger partial charge is 0.137 e.